The largest absolute Gasteiger partial charge is 0.497 e. The van der Waals surface area contributed by atoms with Crippen molar-refractivity contribution in [3.05, 3.63) is 36.9 Å². The van der Waals surface area contributed by atoms with Crippen molar-refractivity contribution in [3.8, 4) is 17.1 Å². The van der Waals surface area contributed by atoms with Gasteiger partial charge in [-0.3, -0.25) is 9.36 Å². The second-order valence-electron chi connectivity index (χ2n) is 5.38. The first-order valence-electron chi connectivity index (χ1n) is 7.92. The van der Waals surface area contributed by atoms with E-state index < -0.39 is 6.09 Å². The van der Waals surface area contributed by atoms with Gasteiger partial charge in [0.15, 0.2) is 11.0 Å². The van der Waals surface area contributed by atoms with E-state index in [1.54, 1.807) is 13.2 Å². The number of carbonyl (C=O) groups is 2. The summed E-state index contributed by atoms with van der Waals surface area (Å²) >= 11 is 1.23. The predicted octanol–water partition coefficient (Wildman–Crippen LogP) is 2.21. The first-order chi connectivity index (χ1) is 12.6. The van der Waals surface area contributed by atoms with Gasteiger partial charge in [-0.05, 0) is 24.3 Å². The van der Waals surface area contributed by atoms with E-state index in [9.17, 15) is 9.59 Å². The fourth-order valence-electron chi connectivity index (χ4n) is 2.47. The number of amides is 2. The van der Waals surface area contributed by atoms with Gasteiger partial charge in [0.25, 0.3) is 0 Å². The molecule has 3 rings (SSSR count). The average molecular weight is 374 g/mol. The number of carbonyl (C=O) groups excluding carboxylic acids is 2. The zero-order valence-electron chi connectivity index (χ0n) is 14.3. The van der Waals surface area contributed by atoms with Crippen LogP contribution in [0.5, 0.6) is 5.75 Å². The van der Waals surface area contributed by atoms with Crippen molar-refractivity contribution in [1.82, 2.24) is 19.7 Å². The zero-order valence-corrected chi connectivity index (χ0v) is 15.1. The van der Waals surface area contributed by atoms with Crippen LogP contribution in [-0.2, 0) is 16.1 Å². The summed E-state index contributed by atoms with van der Waals surface area (Å²) in [5.74, 6) is 1.19. The summed E-state index contributed by atoms with van der Waals surface area (Å²) in [5.41, 5.74) is 0.876. The molecule has 0 aliphatic carbocycles. The number of rotatable bonds is 7. The molecule has 1 aliphatic rings. The summed E-state index contributed by atoms with van der Waals surface area (Å²) in [5, 5.41) is 9.00. The fourth-order valence-corrected chi connectivity index (χ4v) is 3.29. The zero-order chi connectivity index (χ0) is 18.5. The number of methoxy groups -OCH3 is 1. The van der Waals surface area contributed by atoms with Crippen molar-refractivity contribution in [2.75, 3.05) is 26.0 Å². The molecule has 0 spiro atoms. The van der Waals surface area contributed by atoms with Gasteiger partial charge in [-0.1, -0.05) is 17.8 Å². The number of thioether (sulfide) groups is 1. The Kier molecular flexibility index (Phi) is 5.57. The van der Waals surface area contributed by atoms with Crippen LogP contribution in [-0.4, -0.2) is 57.7 Å². The fraction of sp³-hybridized carbons (Fsp3) is 0.294. The highest BCUT2D eigenvalue weighted by Gasteiger charge is 2.28. The molecule has 0 N–H and O–H groups in total. The molecular formula is C17H18N4O4S. The van der Waals surface area contributed by atoms with E-state index in [1.165, 1.54) is 11.8 Å². The topological polar surface area (TPSA) is 86.6 Å². The Morgan fingerprint density at radius 3 is 2.77 bits per heavy atom. The van der Waals surface area contributed by atoms with Gasteiger partial charge in [-0.25, -0.2) is 9.69 Å². The summed E-state index contributed by atoms with van der Waals surface area (Å²) in [4.78, 5) is 24.7. The number of ether oxygens (including phenoxy) is 2. The van der Waals surface area contributed by atoms with Gasteiger partial charge >= 0.3 is 6.09 Å². The molecule has 26 heavy (non-hydrogen) atoms. The molecular weight excluding hydrogens is 356 g/mol. The summed E-state index contributed by atoms with van der Waals surface area (Å²) < 4.78 is 11.8. The Morgan fingerprint density at radius 2 is 2.15 bits per heavy atom. The highest BCUT2D eigenvalue weighted by atomic mass is 32.2. The lowest BCUT2D eigenvalue weighted by Gasteiger charge is -2.11. The molecule has 0 unspecified atom stereocenters. The van der Waals surface area contributed by atoms with Crippen molar-refractivity contribution >= 4 is 23.8 Å². The third-order valence-corrected chi connectivity index (χ3v) is 4.71. The molecule has 0 radical (unpaired) electrons. The summed E-state index contributed by atoms with van der Waals surface area (Å²) in [6.07, 6.45) is 1.14. The number of imide groups is 1. The van der Waals surface area contributed by atoms with Gasteiger partial charge in [0.05, 0.1) is 19.4 Å². The monoisotopic (exact) mass is 374 g/mol. The Labute approximate surface area is 154 Å². The van der Waals surface area contributed by atoms with Crippen LogP contribution in [0.15, 0.2) is 42.1 Å². The molecule has 2 heterocycles. The Balaban J connectivity index is 1.77. The molecule has 0 atom stereocenters. The lowest BCUT2D eigenvalue weighted by molar-refractivity contribution is -0.125. The normalized spacial score (nSPS) is 13.6. The minimum absolute atomic E-state index is 0.0764. The summed E-state index contributed by atoms with van der Waals surface area (Å²) in [6.45, 7) is 4.79. The molecule has 8 nitrogen and oxygen atoms in total. The predicted molar refractivity (Wildman–Crippen MR) is 96.0 cm³/mol. The van der Waals surface area contributed by atoms with Crippen LogP contribution >= 0.6 is 11.8 Å². The number of aromatic nitrogens is 3. The highest BCUT2D eigenvalue weighted by molar-refractivity contribution is 7.99. The number of hydrogen-bond acceptors (Lipinski definition) is 7. The SMILES string of the molecule is C=CCn1c(SCC(=O)N2CCOC2=O)nnc1-c1ccc(OC)cc1. The molecule has 9 heteroatoms. The first kappa shape index (κ1) is 18.0. The third-order valence-electron chi connectivity index (χ3n) is 3.76. The molecule has 2 amide bonds. The van der Waals surface area contributed by atoms with Crippen LogP contribution in [0.4, 0.5) is 4.79 Å². The van der Waals surface area contributed by atoms with E-state index in [2.05, 4.69) is 16.8 Å². The van der Waals surface area contributed by atoms with Crippen LogP contribution in [0, 0.1) is 0 Å². The van der Waals surface area contributed by atoms with Gasteiger partial charge < -0.3 is 9.47 Å². The van der Waals surface area contributed by atoms with Crippen LogP contribution in [0.1, 0.15) is 0 Å². The van der Waals surface area contributed by atoms with E-state index >= 15 is 0 Å². The number of cyclic esters (lactones) is 1. The van der Waals surface area contributed by atoms with Gasteiger partial charge in [0.2, 0.25) is 5.91 Å². The molecule has 1 saturated heterocycles. The van der Waals surface area contributed by atoms with Crippen LogP contribution < -0.4 is 4.74 Å². The molecule has 2 aromatic rings. The average Bonchev–Trinajstić information content (AvgIpc) is 3.26. The Bertz CT molecular complexity index is 819. The smallest absolute Gasteiger partial charge is 0.416 e. The molecule has 1 aromatic heterocycles. The number of hydrogen-bond donors (Lipinski definition) is 0. The maximum Gasteiger partial charge on any atom is 0.416 e. The Hall–Kier alpha value is -2.81. The second kappa shape index (κ2) is 8.05. The quantitative estimate of drug-likeness (QED) is 0.542. The highest BCUT2D eigenvalue weighted by Crippen LogP contribution is 2.26. The molecule has 0 saturated carbocycles. The van der Waals surface area contributed by atoms with Gasteiger partial charge in [0.1, 0.15) is 12.4 Å². The van der Waals surface area contributed by atoms with E-state index in [0.29, 0.717) is 17.5 Å². The Morgan fingerprint density at radius 1 is 1.38 bits per heavy atom. The molecule has 1 aliphatic heterocycles. The number of allylic oxidation sites excluding steroid dienone is 1. The van der Waals surface area contributed by atoms with Gasteiger partial charge in [-0.15, -0.1) is 16.8 Å². The minimum Gasteiger partial charge on any atom is -0.497 e. The van der Waals surface area contributed by atoms with E-state index in [-0.39, 0.29) is 24.8 Å². The molecule has 136 valence electrons. The van der Waals surface area contributed by atoms with Crippen molar-refractivity contribution in [2.24, 2.45) is 0 Å². The first-order valence-corrected chi connectivity index (χ1v) is 8.91. The third kappa shape index (κ3) is 3.72. The van der Waals surface area contributed by atoms with Crippen molar-refractivity contribution in [3.63, 3.8) is 0 Å². The molecule has 1 aromatic carbocycles. The van der Waals surface area contributed by atoms with E-state index in [4.69, 9.17) is 9.47 Å². The summed E-state index contributed by atoms with van der Waals surface area (Å²) in [7, 11) is 1.61. The van der Waals surface area contributed by atoms with Crippen LogP contribution in [0.3, 0.4) is 0 Å². The van der Waals surface area contributed by atoms with Crippen molar-refractivity contribution in [2.45, 2.75) is 11.7 Å². The van der Waals surface area contributed by atoms with Crippen molar-refractivity contribution < 1.29 is 19.1 Å². The number of benzene rings is 1. The maximum absolute atomic E-state index is 12.2. The number of nitrogens with zero attached hydrogens (tertiary/aromatic N) is 4. The van der Waals surface area contributed by atoms with E-state index in [0.717, 1.165) is 16.2 Å². The lowest BCUT2D eigenvalue weighted by atomic mass is 10.2. The molecule has 1 fully saturated rings. The maximum atomic E-state index is 12.2. The van der Waals surface area contributed by atoms with Crippen LogP contribution in [0.2, 0.25) is 0 Å². The summed E-state index contributed by atoms with van der Waals surface area (Å²) in [6, 6.07) is 7.47. The molecule has 0 bridgehead atoms. The second-order valence-corrected chi connectivity index (χ2v) is 6.32. The van der Waals surface area contributed by atoms with Gasteiger partial charge in [0, 0.05) is 12.1 Å². The lowest BCUT2D eigenvalue weighted by Crippen LogP contribution is -2.33. The standard InChI is InChI=1S/C17H18N4O4S/c1-3-8-21-15(12-4-6-13(24-2)7-5-12)18-19-16(21)26-11-14(22)20-9-10-25-17(20)23/h3-7H,1,8-11H2,2H3. The minimum atomic E-state index is -0.595. The van der Waals surface area contributed by atoms with Crippen LogP contribution in [0.25, 0.3) is 11.4 Å². The van der Waals surface area contributed by atoms with E-state index in [1.807, 2.05) is 28.8 Å². The van der Waals surface area contributed by atoms with Crippen molar-refractivity contribution in [1.29, 1.82) is 0 Å². The van der Waals surface area contributed by atoms with Gasteiger partial charge in [-0.2, -0.15) is 0 Å².